The molecule has 0 unspecified atom stereocenters. The van der Waals surface area contributed by atoms with E-state index < -0.39 is 10.8 Å². The van der Waals surface area contributed by atoms with Gasteiger partial charge in [-0.25, -0.2) is 0 Å². The summed E-state index contributed by atoms with van der Waals surface area (Å²) >= 11 is 13.6. The molecular formula is C121H128N8O5S8. The van der Waals surface area contributed by atoms with Crippen molar-refractivity contribution in [1.82, 2.24) is 17.5 Å². The van der Waals surface area contributed by atoms with E-state index in [0.717, 1.165) is 151 Å². The zero-order valence-electron chi connectivity index (χ0n) is 82.7. The third-order valence-corrected chi connectivity index (χ3v) is 37.9. The maximum absolute atomic E-state index is 14.5. The largest absolute Gasteiger partial charge is 0.494 e. The fraction of sp³-hybridized carbons (Fsp3) is 0.413. The number of rotatable bonds is 56. The molecule has 0 amide bonds. The van der Waals surface area contributed by atoms with Gasteiger partial charge in [0.05, 0.1) is 99.0 Å². The van der Waals surface area contributed by atoms with Gasteiger partial charge in [0.25, 0.3) is 0 Å². The molecule has 0 aliphatic heterocycles. The fourth-order valence-electron chi connectivity index (χ4n) is 21.7. The maximum atomic E-state index is 14.5. The van der Waals surface area contributed by atoms with Crippen LogP contribution in [0, 0.1) is 45.3 Å². The number of aromatic nitrogens is 4. The van der Waals surface area contributed by atoms with E-state index in [1.165, 1.54) is 271 Å². The van der Waals surface area contributed by atoms with Crippen LogP contribution >= 0.6 is 91.5 Å². The van der Waals surface area contributed by atoms with Crippen molar-refractivity contribution in [2.45, 2.75) is 295 Å². The zero-order chi connectivity index (χ0) is 97.6. The normalized spacial score (nSPS) is 13.4. The van der Waals surface area contributed by atoms with E-state index in [0.29, 0.717) is 70.8 Å². The molecule has 0 atom stereocenters. The van der Waals surface area contributed by atoms with Crippen LogP contribution in [0.25, 0.3) is 108 Å². The van der Waals surface area contributed by atoms with Gasteiger partial charge in [-0.05, 0) is 126 Å². The molecule has 0 saturated carbocycles. The Kier molecular flexibility index (Phi) is 35.1. The first-order chi connectivity index (χ1) is 70.1. The van der Waals surface area contributed by atoms with Gasteiger partial charge in [-0.15, -0.1) is 68.0 Å². The SMILES string of the molecule is CCCCCCCCCCCCOc1ccc(C2(c3ccc(OCCCCCCCCCCCC)cc3)c3c(sc4cc(-c5ccc(C=C(C#N)C#N)c6nsnc56)sc34)-c3sc4c5c(sc4c32)-c2sc3cc(-c4ccc(/C=C6\C(=O)c7ccccc7C6=C(C#N)C#N)c6nsnc46)sc3c2C5(c2ccc(OCCCCCCCCCCCC)cc2)c2ccc(OCCCCCCCCCCCC)cc2)cc1. The van der Waals surface area contributed by atoms with Crippen LogP contribution in [-0.2, 0) is 10.8 Å². The Balaban J connectivity index is 0.801. The summed E-state index contributed by atoms with van der Waals surface area (Å²) in [5.41, 5.74) is 15.3. The molecule has 0 fully saturated rings. The number of carbonyl (C=O) groups is 1. The monoisotopic (exact) mass is 2030 g/mol. The molecule has 0 bridgehead atoms. The molecule has 13 nitrogen and oxygen atoms in total. The van der Waals surface area contributed by atoms with Crippen LogP contribution in [0.15, 0.2) is 174 Å². The highest BCUT2D eigenvalue weighted by molar-refractivity contribution is 7.38. The predicted octanol–water partition coefficient (Wildman–Crippen LogP) is 37.3. The number of thiophene rings is 6. The van der Waals surface area contributed by atoms with Gasteiger partial charge in [-0.2, -0.15) is 38.5 Å². The summed E-state index contributed by atoms with van der Waals surface area (Å²) in [5.74, 6) is 3.16. The maximum Gasteiger partial charge on any atom is 0.194 e. The number of nitrogens with zero attached hydrogens (tertiary/aromatic N) is 8. The number of unbranched alkanes of at least 4 members (excludes halogenated alkanes) is 36. The van der Waals surface area contributed by atoms with Gasteiger partial charge in [0, 0.05) is 80.4 Å². The number of ketones is 1. The molecule has 18 rings (SSSR count). The van der Waals surface area contributed by atoms with E-state index in [4.69, 9.17) is 36.4 Å². The van der Waals surface area contributed by atoms with Crippen LogP contribution in [0.4, 0.5) is 0 Å². The van der Waals surface area contributed by atoms with Gasteiger partial charge in [0.15, 0.2) is 5.78 Å². The molecule has 8 aromatic heterocycles. The van der Waals surface area contributed by atoms with Gasteiger partial charge in [-0.3, -0.25) is 4.79 Å². The Labute approximate surface area is 870 Å². The number of hydrogen-bond donors (Lipinski definition) is 0. The highest BCUT2D eigenvalue weighted by Gasteiger charge is 2.57. The number of fused-ring (bicyclic) bond motifs is 16. The average Bonchev–Trinajstić information content (AvgIpc) is 1.47. The molecule has 8 heterocycles. The lowest BCUT2D eigenvalue weighted by atomic mass is 9.67. The van der Waals surface area contributed by atoms with Crippen molar-refractivity contribution in [2.24, 2.45) is 0 Å². The zero-order valence-corrected chi connectivity index (χ0v) is 89.2. The second-order valence-electron chi connectivity index (χ2n) is 38.7. The standard InChI is InChI=1S/C121H128N8O5S8/c1-5-9-13-17-21-25-29-33-37-43-69-131-89-59-51-85(52-60-89)120(86-53-61-90(62-54-86)132-70-44-38-34-30-26-22-18-14-10-6-2)103-112-100(75-98(135-112)95-67-49-82(73-81(77-122)78-123)107-109(95)128-141-126-107)137-114(103)116-105(120)118-119(139-116)106-117(140-118)115-104(113-101(138-115)76-99(136-113)96-68-50-83(108-110(96)129-142-127-108)74-97-102(84(79-124)80-125)93-47-41-42-48-94(93)111(97)130)121(106,87-55-63-91(64-56-87)133-71-45-39-35-31-27-23-19-15-11-7-3)88-57-65-92(66-58-88)134-72-46-40-36-32-28-24-20-16-12-8-4/h41-42,47-68,73-76H,5-40,43-46,69-72H2,1-4H3/b97-74-. The molecule has 3 aliphatic rings. The van der Waals surface area contributed by atoms with Crippen molar-refractivity contribution in [3.8, 4) is 87.7 Å². The molecule has 21 heteroatoms. The molecule has 3 aliphatic carbocycles. The number of Topliss-reactive ketones (excluding diaryl/α,β-unsaturated/α-hetero) is 1. The van der Waals surface area contributed by atoms with E-state index in [-0.39, 0.29) is 22.5 Å². The number of benzene rings is 7. The first-order valence-electron chi connectivity index (χ1n) is 52.7. The summed E-state index contributed by atoms with van der Waals surface area (Å²) in [6.45, 7) is 11.7. The predicted molar refractivity (Wildman–Crippen MR) is 599 cm³/mol. The number of hydrogen-bond acceptors (Lipinski definition) is 21. The van der Waals surface area contributed by atoms with Crippen molar-refractivity contribution in [3.63, 3.8) is 0 Å². The first-order valence-corrected chi connectivity index (χ1v) is 59.1. The molecule has 7 aromatic carbocycles. The molecule has 0 N–H and O–H groups in total. The quantitative estimate of drug-likeness (QED) is 0.0198. The summed E-state index contributed by atoms with van der Waals surface area (Å²) in [5, 5.41) is 40.7. The smallest absolute Gasteiger partial charge is 0.194 e. The first kappa shape index (κ1) is 101. The van der Waals surface area contributed by atoms with E-state index in [1.54, 1.807) is 35.6 Å². The van der Waals surface area contributed by atoms with E-state index >= 15 is 0 Å². The second kappa shape index (κ2) is 49.2. The summed E-state index contributed by atoms with van der Waals surface area (Å²) in [7, 11) is 0. The minimum atomic E-state index is -0.926. The third kappa shape index (κ3) is 21.5. The van der Waals surface area contributed by atoms with Crippen LogP contribution in [-0.4, -0.2) is 49.7 Å². The van der Waals surface area contributed by atoms with Crippen molar-refractivity contribution in [1.29, 1.82) is 21.0 Å². The molecule has 0 radical (unpaired) electrons. The summed E-state index contributed by atoms with van der Waals surface area (Å²) < 4.78 is 54.5. The van der Waals surface area contributed by atoms with Crippen molar-refractivity contribution in [3.05, 3.63) is 241 Å². The highest BCUT2D eigenvalue weighted by Crippen LogP contribution is 2.73. The van der Waals surface area contributed by atoms with E-state index in [2.05, 4.69) is 173 Å². The van der Waals surface area contributed by atoms with Gasteiger partial charge in [-0.1, -0.05) is 356 Å². The van der Waals surface area contributed by atoms with Crippen molar-refractivity contribution < 1.29 is 23.7 Å². The molecule has 15 aromatic rings. The minimum Gasteiger partial charge on any atom is -0.494 e. The molecule has 730 valence electrons. The Morgan fingerprint density at radius 2 is 0.620 bits per heavy atom. The summed E-state index contributed by atoms with van der Waals surface area (Å²) in [4.78, 5) is 21.6. The number of nitriles is 4. The number of allylic oxidation sites excluding steroid dienone is 4. The van der Waals surface area contributed by atoms with Gasteiger partial charge in [0.1, 0.15) is 80.5 Å². The van der Waals surface area contributed by atoms with Crippen LogP contribution < -0.4 is 18.9 Å². The van der Waals surface area contributed by atoms with Gasteiger partial charge < -0.3 is 18.9 Å². The van der Waals surface area contributed by atoms with Crippen LogP contribution in [0.5, 0.6) is 23.0 Å². The van der Waals surface area contributed by atoms with Crippen LogP contribution in [0.3, 0.4) is 0 Å². The minimum absolute atomic E-state index is 0.00613. The second-order valence-corrected chi connectivity index (χ2v) is 46.0. The highest BCUT2D eigenvalue weighted by atomic mass is 32.1. The Hall–Kier alpha value is -10.8. The Morgan fingerprint density at radius 1 is 0.317 bits per heavy atom. The lowest BCUT2D eigenvalue weighted by Crippen LogP contribution is -2.29. The number of carbonyl (C=O) groups excluding carboxylic acids is 1. The van der Waals surface area contributed by atoms with E-state index in [9.17, 15) is 25.8 Å². The van der Waals surface area contributed by atoms with Crippen molar-refractivity contribution in [2.75, 3.05) is 26.4 Å². The Morgan fingerprint density at radius 3 is 0.958 bits per heavy atom. The lowest BCUT2D eigenvalue weighted by molar-refractivity contribution is 0.104. The summed E-state index contributed by atoms with van der Waals surface area (Å²) in [6.07, 6.45) is 53.4. The van der Waals surface area contributed by atoms with Gasteiger partial charge in [0.2, 0.25) is 0 Å². The van der Waals surface area contributed by atoms with Crippen molar-refractivity contribution >= 4 is 165 Å². The van der Waals surface area contributed by atoms with Crippen LogP contribution in [0.2, 0.25) is 0 Å². The topological polar surface area (TPSA) is 201 Å². The Bertz CT molecular complexity index is 6990. The molecule has 0 saturated heterocycles. The lowest BCUT2D eigenvalue weighted by Gasteiger charge is -2.34. The summed E-state index contributed by atoms with van der Waals surface area (Å²) in [6, 6.07) is 65.3. The average molecular weight is 2030 g/mol. The molecule has 0 spiro atoms. The van der Waals surface area contributed by atoms with E-state index in [1.807, 2.05) is 80.9 Å². The van der Waals surface area contributed by atoms with Crippen LogP contribution in [0.1, 0.15) is 356 Å². The number of ether oxygens (including phenoxy) is 4. The molecular weight excluding hydrogens is 1900 g/mol. The fourth-order valence-corrected chi connectivity index (χ4v) is 31.8. The molecule has 142 heavy (non-hydrogen) atoms. The third-order valence-electron chi connectivity index (χ3n) is 29.1. The van der Waals surface area contributed by atoms with Gasteiger partial charge >= 0.3 is 0 Å².